The molecule has 272 valence electrons. The van der Waals surface area contributed by atoms with Crippen LogP contribution in [0, 0.1) is 0 Å². The maximum absolute atomic E-state index is 11.5. The van der Waals surface area contributed by atoms with Gasteiger partial charge in [-0.1, -0.05) is 72.8 Å². The smallest absolute Gasteiger partial charge is 0.872 e. The number of aromatic nitrogens is 2. The molecule has 50 heavy (non-hydrogen) atoms. The third kappa shape index (κ3) is 17.4. The zero-order valence-electron chi connectivity index (χ0n) is 26.1. The van der Waals surface area contributed by atoms with Crippen LogP contribution in [-0.4, -0.2) is 72.8 Å². The summed E-state index contributed by atoms with van der Waals surface area (Å²) >= 11 is 0. The SMILES string of the molecule is CO.CO.O=S(=O)([O-])c1ccccc1N=Cc1ccccc1[O-].O=S(=O)([O-])c1ccccc1N=Cc1ccccc1[O-].[Cu+2].[Cu+2].c1cnccn1. The molecule has 2 N–H and O–H groups in total. The van der Waals surface area contributed by atoms with E-state index in [9.17, 15) is 36.2 Å². The molecule has 0 spiro atoms. The summed E-state index contributed by atoms with van der Waals surface area (Å²) in [7, 11) is -7.18. The van der Waals surface area contributed by atoms with Gasteiger partial charge in [0.15, 0.2) is 0 Å². The van der Waals surface area contributed by atoms with Crippen molar-refractivity contribution in [3.05, 3.63) is 133 Å². The van der Waals surface area contributed by atoms with Crippen molar-refractivity contribution in [1.82, 2.24) is 9.97 Å². The molecular weight excluding hydrogens is 792 g/mol. The molecule has 0 saturated carbocycles. The number of aliphatic hydroxyl groups excluding tert-OH is 2. The van der Waals surface area contributed by atoms with Gasteiger partial charge in [0.05, 0.1) is 21.2 Å². The Morgan fingerprint density at radius 1 is 0.520 bits per heavy atom. The molecule has 0 atom stereocenters. The molecule has 1 aromatic heterocycles. The Balaban J connectivity index is 0. The number of nitrogens with zero attached hydrogens (tertiary/aromatic N) is 4. The van der Waals surface area contributed by atoms with E-state index < -0.39 is 30.0 Å². The summed E-state index contributed by atoms with van der Waals surface area (Å²) in [5.41, 5.74) is 0.669. The van der Waals surface area contributed by atoms with Gasteiger partial charge in [0.1, 0.15) is 20.2 Å². The first-order valence-electron chi connectivity index (χ1n) is 13.3. The van der Waals surface area contributed by atoms with Crippen LogP contribution in [0.1, 0.15) is 11.1 Å². The standard InChI is InChI=1S/2C13H11NO4S.C4H4N2.2CH4O.2Cu/c2*15-12-7-3-1-5-10(12)9-14-11-6-2-4-8-13(11)19(16,17)18;1-2-6-4-3-5-1;2*1-2;;/h2*1-9,15H,(H,16,17,18);1-4H;2*2H,1H3;;/q;;;;;2*+2/p-4. The Hall–Kier alpha value is -4.32. The quantitative estimate of drug-likeness (QED) is 0.142. The molecule has 1 heterocycles. The normalized spacial score (nSPS) is 10.2. The molecular formula is C32H30Cu2N4O10S2. The first-order chi connectivity index (χ1) is 23.0. The molecule has 2 radical (unpaired) electrons. The van der Waals surface area contributed by atoms with Crippen LogP contribution in [0.25, 0.3) is 0 Å². The minimum Gasteiger partial charge on any atom is -0.872 e. The summed E-state index contributed by atoms with van der Waals surface area (Å²) in [5.74, 6) is -0.456. The van der Waals surface area contributed by atoms with Gasteiger partial charge in [-0.2, -0.15) is 0 Å². The van der Waals surface area contributed by atoms with Gasteiger partial charge in [-0.3, -0.25) is 20.0 Å². The third-order valence-electron chi connectivity index (χ3n) is 5.27. The van der Waals surface area contributed by atoms with Crippen molar-refractivity contribution in [1.29, 1.82) is 0 Å². The van der Waals surface area contributed by atoms with Crippen LogP contribution in [-0.2, 0) is 54.4 Å². The number of aliphatic imine (C=N–C) groups is 2. The minimum atomic E-state index is -4.59. The first-order valence-corrected chi connectivity index (χ1v) is 16.1. The number of hydrogen-bond donors (Lipinski definition) is 2. The fourth-order valence-corrected chi connectivity index (χ4v) is 4.50. The van der Waals surface area contributed by atoms with Crippen molar-refractivity contribution in [3.8, 4) is 11.5 Å². The summed E-state index contributed by atoms with van der Waals surface area (Å²) in [6.07, 6.45) is 9.04. The second-order valence-electron chi connectivity index (χ2n) is 8.33. The minimum absolute atomic E-state index is 0. The summed E-state index contributed by atoms with van der Waals surface area (Å²) < 4.78 is 66.2. The Morgan fingerprint density at radius 2 is 0.800 bits per heavy atom. The molecule has 5 rings (SSSR count). The Bertz CT molecular complexity index is 1820. The molecule has 0 saturated heterocycles. The number of aliphatic hydroxyl groups is 2. The van der Waals surface area contributed by atoms with Crippen molar-refractivity contribution in [3.63, 3.8) is 0 Å². The van der Waals surface area contributed by atoms with E-state index in [2.05, 4.69) is 20.0 Å². The number of hydrogen-bond acceptors (Lipinski definition) is 14. The van der Waals surface area contributed by atoms with Gasteiger partial charge < -0.3 is 29.5 Å². The van der Waals surface area contributed by atoms with Crippen molar-refractivity contribution in [2.45, 2.75) is 9.79 Å². The van der Waals surface area contributed by atoms with Crippen molar-refractivity contribution in [2.24, 2.45) is 9.98 Å². The van der Waals surface area contributed by atoms with Crippen LogP contribution >= 0.6 is 0 Å². The van der Waals surface area contributed by atoms with Gasteiger partial charge in [-0.25, -0.2) is 16.8 Å². The van der Waals surface area contributed by atoms with Crippen LogP contribution < -0.4 is 10.2 Å². The first kappa shape index (κ1) is 47.8. The van der Waals surface area contributed by atoms with Gasteiger partial charge >= 0.3 is 34.1 Å². The van der Waals surface area contributed by atoms with Gasteiger partial charge in [0.25, 0.3) is 0 Å². The molecule has 0 fully saturated rings. The van der Waals surface area contributed by atoms with Crippen molar-refractivity contribution < 1.29 is 80.5 Å². The van der Waals surface area contributed by atoms with E-state index >= 15 is 0 Å². The number of benzene rings is 4. The molecule has 0 aliphatic rings. The van der Waals surface area contributed by atoms with E-state index in [0.29, 0.717) is 11.1 Å². The average Bonchev–Trinajstić information content (AvgIpc) is 3.10. The molecule has 5 aromatic rings. The molecule has 0 aliphatic carbocycles. The van der Waals surface area contributed by atoms with E-state index in [0.717, 1.165) is 14.2 Å². The Labute approximate surface area is 311 Å². The topological polar surface area (TPSA) is 251 Å². The number of rotatable bonds is 6. The maximum Gasteiger partial charge on any atom is 2.00 e. The van der Waals surface area contributed by atoms with Gasteiger partial charge in [-0.15, -0.1) is 11.5 Å². The summed E-state index contributed by atoms with van der Waals surface area (Å²) in [6.45, 7) is 0. The molecule has 18 heteroatoms. The predicted molar refractivity (Wildman–Crippen MR) is 173 cm³/mol. The predicted octanol–water partition coefficient (Wildman–Crippen LogP) is 2.52. The number of para-hydroxylation sites is 4. The summed E-state index contributed by atoms with van der Waals surface area (Å²) in [6, 6.07) is 23.5. The van der Waals surface area contributed by atoms with Crippen molar-refractivity contribution in [2.75, 3.05) is 14.2 Å². The van der Waals surface area contributed by atoms with Crippen molar-refractivity contribution >= 4 is 44.0 Å². The fourth-order valence-electron chi connectivity index (χ4n) is 3.26. The van der Waals surface area contributed by atoms with Crippen LogP contribution in [0.3, 0.4) is 0 Å². The summed E-state index contributed by atoms with van der Waals surface area (Å²) in [4.78, 5) is 14.4. The van der Waals surface area contributed by atoms with Crippen LogP contribution in [0.15, 0.2) is 142 Å². The van der Waals surface area contributed by atoms with E-state index in [1.54, 1.807) is 73.3 Å². The molecule has 4 aromatic carbocycles. The fraction of sp³-hybridized carbons (Fsp3) is 0.0625. The molecule has 0 aliphatic heterocycles. The Morgan fingerprint density at radius 3 is 1.08 bits per heavy atom. The Kier molecular flexibility index (Phi) is 24.5. The monoisotopic (exact) mass is 820 g/mol. The zero-order chi connectivity index (χ0) is 36.0. The van der Waals surface area contributed by atoms with Crippen LogP contribution in [0.4, 0.5) is 11.4 Å². The molecule has 0 unspecified atom stereocenters. The van der Waals surface area contributed by atoms with E-state index in [-0.39, 0.29) is 57.0 Å². The second kappa shape index (κ2) is 25.6. The summed E-state index contributed by atoms with van der Waals surface area (Å²) in [5, 5.41) is 36.9. The largest absolute Gasteiger partial charge is 2.00 e. The van der Waals surface area contributed by atoms with E-state index in [1.165, 1.54) is 61.0 Å². The third-order valence-corrected chi connectivity index (χ3v) is 7.04. The molecule has 14 nitrogen and oxygen atoms in total. The molecule has 0 bridgehead atoms. The van der Waals surface area contributed by atoms with E-state index in [4.69, 9.17) is 10.2 Å². The zero-order valence-corrected chi connectivity index (χ0v) is 29.6. The van der Waals surface area contributed by atoms with Crippen LogP contribution in [0.2, 0.25) is 0 Å². The maximum atomic E-state index is 11.5. The molecule has 0 amide bonds. The van der Waals surface area contributed by atoms with E-state index in [1.807, 2.05) is 0 Å². The van der Waals surface area contributed by atoms with Gasteiger partial charge in [0, 0.05) is 51.4 Å². The second-order valence-corrected chi connectivity index (χ2v) is 11.0. The van der Waals surface area contributed by atoms with Gasteiger partial charge in [0.2, 0.25) is 0 Å². The van der Waals surface area contributed by atoms with Crippen LogP contribution in [0.5, 0.6) is 11.5 Å². The van der Waals surface area contributed by atoms with Gasteiger partial charge in [-0.05, 0) is 35.4 Å². The average molecular weight is 822 g/mol.